The summed E-state index contributed by atoms with van der Waals surface area (Å²) in [5, 5.41) is 0.746. The first kappa shape index (κ1) is 18.8. The molecule has 2 fully saturated rings. The fourth-order valence-electron chi connectivity index (χ4n) is 3.93. The van der Waals surface area contributed by atoms with Gasteiger partial charge in [-0.3, -0.25) is 4.79 Å². The summed E-state index contributed by atoms with van der Waals surface area (Å²) in [5.41, 5.74) is 5.94. The van der Waals surface area contributed by atoms with Crippen LogP contribution in [0.2, 0.25) is 0 Å². The molecule has 0 unspecified atom stereocenters. The second-order valence-electron chi connectivity index (χ2n) is 7.65. The van der Waals surface area contributed by atoms with Gasteiger partial charge in [0.25, 0.3) is 5.91 Å². The first-order valence-corrected chi connectivity index (χ1v) is 9.46. The van der Waals surface area contributed by atoms with E-state index in [4.69, 9.17) is 10.5 Å². The van der Waals surface area contributed by atoms with Crippen molar-refractivity contribution >= 4 is 16.8 Å². The Morgan fingerprint density at radius 1 is 1.07 bits per heavy atom. The highest BCUT2D eigenvalue weighted by Gasteiger charge is 2.54. The number of alkyl halides is 3. The normalized spacial score (nSPS) is 22.8. The van der Waals surface area contributed by atoms with Crippen molar-refractivity contribution in [1.29, 1.82) is 0 Å². The molecule has 1 aromatic carbocycles. The van der Waals surface area contributed by atoms with Gasteiger partial charge in [0, 0.05) is 24.5 Å². The number of hydrogen-bond acceptors (Lipinski definition) is 5. The van der Waals surface area contributed by atoms with Gasteiger partial charge in [-0.05, 0) is 48.2 Å². The number of nitrogens with zero attached hydrogens (tertiary/aromatic N) is 3. The van der Waals surface area contributed by atoms with Crippen molar-refractivity contribution in [2.24, 2.45) is 17.6 Å². The molecule has 1 amide bonds. The zero-order chi connectivity index (χ0) is 21.0. The third-order valence-corrected chi connectivity index (χ3v) is 5.69. The molecule has 0 spiro atoms. The summed E-state index contributed by atoms with van der Waals surface area (Å²) in [4.78, 5) is 22.3. The summed E-state index contributed by atoms with van der Waals surface area (Å²) in [7, 11) is 0. The standard InChI is InChI=1S/C21H17F3N4O2/c22-21(23,24)18-6-3-13(8-26-18)30-12-2-5-16-11(7-12)1-4-17(27-16)20(29)28-9-14-15(10-28)19(14)25/h1-8,14-15,19H,9-10,25H2/t14-,15+,19-. The zero-order valence-electron chi connectivity index (χ0n) is 15.6. The first-order valence-electron chi connectivity index (χ1n) is 9.46. The third-order valence-electron chi connectivity index (χ3n) is 5.69. The van der Waals surface area contributed by atoms with Crippen LogP contribution in [0.4, 0.5) is 13.2 Å². The van der Waals surface area contributed by atoms with E-state index in [1.54, 1.807) is 35.2 Å². The lowest BCUT2D eigenvalue weighted by molar-refractivity contribution is -0.141. The van der Waals surface area contributed by atoms with Crippen molar-refractivity contribution in [3.8, 4) is 11.5 Å². The van der Waals surface area contributed by atoms with E-state index in [0.717, 1.165) is 17.6 Å². The molecule has 1 aliphatic heterocycles. The topological polar surface area (TPSA) is 81.3 Å². The lowest BCUT2D eigenvalue weighted by Gasteiger charge is -2.18. The molecular weight excluding hydrogens is 397 g/mol. The summed E-state index contributed by atoms with van der Waals surface area (Å²) < 4.78 is 43.4. The number of hydrogen-bond donors (Lipinski definition) is 1. The number of nitrogens with two attached hydrogens (primary N) is 1. The predicted molar refractivity (Wildman–Crippen MR) is 102 cm³/mol. The smallest absolute Gasteiger partial charge is 0.433 e. The van der Waals surface area contributed by atoms with Crippen LogP contribution in [0.25, 0.3) is 10.9 Å². The number of fused-ring (bicyclic) bond motifs is 2. The molecule has 3 atom stereocenters. The molecule has 1 saturated heterocycles. The van der Waals surface area contributed by atoms with E-state index in [-0.39, 0.29) is 17.7 Å². The minimum Gasteiger partial charge on any atom is -0.456 e. The summed E-state index contributed by atoms with van der Waals surface area (Å²) in [6.45, 7) is 1.36. The van der Waals surface area contributed by atoms with Gasteiger partial charge in [-0.25, -0.2) is 9.97 Å². The average molecular weight is 414 g/mol. The Morgan fingerprint density at radius 3 is 2.47 bits per heavy atom. The summed E-state index contributed by atoms with van der Waals surface area (Å²) in [6, 6.07) is 10.8. The van der Waals surface area contributed by atoms with E-state index in [0.29, 0.717) is 41.9 Å². The van der Waals surface area contributed by atoms with Gasteiger partial charge in [-0.15, -0.1) is 0 Å². The Morgan fingerprint density at radius 2 is 1.80 bits per heavy atom. The SMILES string of the molecule is N[C@H]1[C@H]2CN(C(=O)c3ccc4cc(Oc5ccc(C(F)(F)F)nc5)ccc4n3)C[C@@H]12. The van der Waals surface area contributed by atoms with Crippen LogP contribution >= 0.6 is 0 Å². The number of rotatable bonds is 3. The van der Waals surface area contributed by atoms with Gasteiger partial charge >= 0.3 is 6.18 Å². The van der Waals surface area contributed by atoms with Crippen LogP contribution in [0.3, 0.4) is 0 Å². The largest absolute Gasteiger partial charge is 0.456 e. The molecular formula is C21H17F3N4O2. The molecule has 2 aromatic heterocycles. The van der Waals surface area contributed by atoms with E-state index in [1.807, 2.05) is 0 Å². The minimum atomic E-state index is -4.50. The highest BCUT2D eigenvalue weighted by Crippen LogP contribution is 2.44. The number of ether oxygens (including phenoxy) is 1. The lowest BCUT2D eigenvalue weighted by Crippen LogP contribution is -2.34. The van der Waals surface area contributed by atoms with Crippen molar-refractivity contribution < 1.29 is 22.7 Å². The number of carbonyl (C=O) groups excluding carboxylic acids is 1. The van der Waals surface area contributed by atoms with Gasteiger partial charge in [0.15, 0.2) is 0 Å². The van der Waals surface area contributed by atoms with Gasteiger partial charge in [-0.2, -0.15) is 13.2 Å². The van der Waals surface area contributed by atoms with Crippen LogP contribution < -0.4 is 10.5 Å². The Labute approximate surface area is 169 Å². The predicted octanol–water partition coefficient (Wildman–Crippen LogP) is 3.47. The molecule has 154 valence electrons. The van der Waals surface area contributed by atoms with Gasteiger partial charge in [-0.1, -0.05) is 6.07 Å². The van der Waals surface area contributed by atoms with Gasteiger partial charge in [0.2, 0.25) is 0 Å². The molecule has 9 heteroatoms. The number of piperidine rings is 1. The molecule has 2 N–H and O–H groups in total. The number of aromatic nitrogens is 2. The zero-order valence-corrected chi connectivity index (χ0v) is 15.6. The monoisotopic (exact) mass is 414 g/mol. The second-order valence-corrected chi connectivity index (χ2v) is 7.65. The highest BCUT2D eigenvalue weighted by molar-refractivity contribution is 5.95. The van der Waals surface area contributed by atoms with Gasteiger partial charge in [0.05, 0.1) is 11.7 Å². The fraction of sp³-hybridized carbons (Fsp3) is 0.286. The minimum absolute atomic E-state index is 0.104. The summed E-state index contributed by atoms with van der Waals surface area (Å²) >= 11 is 0. The second kappa shape index (κ2) is 6.66. The first-order chi connectivity index (χ1) is 14.3. The molecule has 0 radical (unpaired) electrons. The van der Waals surface area contributed by atoms with Crippen LogP contribution in [0.15, 0.2) is 48.7 Å². The van der Waals surface area contributed by atoms with E-state index >= 15 is 0 Å². The molecule has 3 aromatic rings. The van der Waals surface area contributed by atoms with E-state index in [9.17, 15) is 18.0 Å². The maximum absolute atomic E-state index is 12.7. The Balaban J connectivity index is 1.31. The molecule has 0 bridgehead atoms. The molecule has 5 rings (SSSR count). The van der Waals surface area contributed by atoms with E-state index in [2.05, 4.69) is 9.97 Å². The molecule has 1 aliphatic carbocycles. The number of carbonyl (C=O) groups is 1. The Bertz CT molecular complexity index is 1120. The van der Waals surface area contributed by atoms with Crippen molar-refractivity contribution in [3.63, 3.8) is 0 Å². The van der Waals surface area contributed by atoms with Crippen molar-refractivity contribution in [1.82, 2.24) is 14.9 Å². The summed E-state index contributed by atoms with van der Waals surface area (Å²) in [6.07, 6.45) is -3.47. The number of amides is 1. The maximum atomic E-state index is 12.7. The quantitative estimate of drug-likeness (QED) is 0.710. The van der Waals surface area contributed by atoms with E-state index < -0.39 is 11.9 Å². The molecule has 2 aliphatic rings. The van der Waals surface area contributed by atoms with Crippen LogP contribution in [-0.2, 0) is 6.18 Å². The molecule has 1 saturated carbocycles. The lowest BCUT2D eigenvalue weighted by atomic mass is 10.2. The van der Waals surface area contributed by atoms with Crippen LogP contribution in [0.5, 0.6) is 11.5 Å². The number of benzene rings is 1. The average Bonchev–Trinajstić information content (AvgIpc) is 3.12. The summed E-state index contributed by atoms with van der Waals surface area (Å²) in [5.74, 6) is 1.33. The Hall–Kier alpha value is -3.20. The number of likely N-dealkylation sites (tertiary alicyclic amines) is 1. The van der Waals surface area contributed by atoms with Crippen molar-refractivity contribution in [2.75, 3.05) is 13.1 Å². The maximum Gasteiger partial charge on any atom is 0.433 e. The molecule has 3 heterocycles. The van der Waals surface area contributed by atoms with Crippen molar-refractivity contribution in [2.45, 2.75) is 12.2 Å². The Kier molecular flexibility index (Phi) is 4.18. The van der Waals surface area contributed by atoms with Crippen LogP contribution in [0, 0.1) is 11.8 Å². The van der Waals surface area contributed by atoms with E-state index in [1.165, 1.54) is 6.07 Å². The van der Waals surface area contributed by atoms with Crippen LogP contribution in [-0.4, -0.2) is 39.9 Å². The third kappa shape index (κ3) is 3.35. The fourth-order valence-corrected chi connectivity index (χ4v) is 3.93. The van der Waals surface area contributed by atoms with Crippen molar-refractivity contribution in [3.05, 3.63) is 60.0 Å². The number of pyridine rings is 2. The van der Waals surface area contributed by atoms with Crippen LogP contribution in [0.1, 0.15) is 16.2 Å². The molecule has 6 nitrogen and oxygen atoms in total. The van der Waals surface area contributed by atoms with Gasteiger partial charge < -0.3 is 15.4 Å². The van der Waals surface area contributed by atoms with Gasteiger partial charge in [0.1, 0.15) is 22.9 Å². The molecule has 30 heavy (non-hydrogen) atoms. The number of halogens is 3. The highest BCUT2D eigenvalue weighted by atomic mass is 19.4.